The van der Waals surface area contributed by atoms with E-state index in [0.717, 1.165) is 28.1 Å². The van der Waals surface area contributed by atoms with Crippen LogP contribution in [-0.4, -0.2) is 25.9 Å². The summed E-state index contributed by atoms with van der Waals surface area (Å²) in [6, 6.07) is 11.5. The highest BCUT2D eigenvalue weighted by atomic mass is 16.2. The number of amides is 2. The minimum Gasteiger partial charge on any atom is -0.378 e. The van der Waals surface area contributed by atoms with E-state index in [-0.39, 0.29) is 18.2 Å². The van der Waals surface area contributed by atoms with Crippen molar-refractivity contribution in [3.05, 3.63) is 53.1 Å². The van der Waals surface area contributed by atoms with Gasteiger partial charge < -0.3 is 15.5 Å². The van der Waals surface area contributed by atoms with Gasteiger partial charge >= 0.3 is 0 Å². The van der Waals surface area contributed by atoms with Crippen molar-refractivity contribution in [2.45, 2.75) is 27.2 Å². The standard InChI is InChI=1S/C20H25N3O2/c1-13-10-14(2)20(15(3)11-13)22-19(25)12-18(24)21-16-6-8-17(9-7-16)23(4)5/h6-11H,12H2,1-5H3,(H,21,24)(H,22,25). The Kier molecular flexibility index (Phi) is 5.80. The van der Waals surface area contributed by atoms with Crippen LogP contribution >= 0.6 is 0 Å². The van der Waals surface area contributed by atoms with E-state index < -0.39 is 0 Å². The first-order valence-electron chi connectivity index (χ1n) is 8.21. The topological polar surface area (TPSA) is 61.4 Å². The first-order chi connectivity index (χ1) is 11.8. The summed E-state index contributed by atoms with van der Waals surface area (Å²) in [6.07, 6.45) is -0.220. The number of carbonyl (C=O) groups excluding carboxylic acids is 2. The number of hydrogen-bond acceptors (Lipinski definition) is 3. The smallest absolute Gasteiger partial charge is 0.233 e. The number of anilines is 3. The summed E-state index contributed by atoms with van der Waals surface area (Å²) in [7, 11) is 3.90. The fourth-order valence-corrected chi connectivity index (χ4v) is 2.75. The monoisotopic (exact) mass is 339 g/mol. The molecular weight excluding hydrogens is 314 g/mol. The molecule has 2 aromatic carbocycles. The van der Waals surface area contributed by atoms with E-state index in [1.165, 1.54) is 0 Å². The van der Waals surface area contributed by atoms with Gasteiger partial charge in [0.2, 0.25) is 11.8 Å². The summed E-state index contributed by atoms with van der Waals surface area (Å²) in [4.78, 5) is 26.2. The van der Waals surface area contributed by atoms with Gasteiger partial charge in [-0.25, -0.2) is 0 Å². The molecular formula is C20H25N3O2. The van der Waals surface area contributed by atoms with Crippen LogP contribution in [0.2, 0.25) is 0 Å². The molecule has 2 amide bonds. The quantitative estimate of drug-likeness (QED) is 0.818. The van der Waals surface area contributed by atoms with E-state index in [1.807, 2.05) is 76.2 Å². The maximum Gasteiger partial charge on any atom is 0.233 e. The van der Waals surface area contributed by atoms with Gasteiger partial charge in [-0.2, -0.15) is 0 Å². The Bertz CT molecular complexity index is 757. The van der Waals surface area contributed by atoms with E-state index in [1.54, 1.807) is 0 Å². The molecule has 0 aliphatic carbocycles. The highest BCUT2D eigenvalue weighted by molar-refractivity contribution is 6.08. The van der Waals surface area contributed by atoms with Crippen LogP contribution in [0.3, 0.4) is 0 Å². The van der Waals surface area contributed by atoms with Crippen molar-refractivity contribution >= 4 is 28.9 Å². The van der Waals surface area contributed by atoms with E-state index in [9.17, 15) is 9.59 Å². The van der Waals surface area contributed by atoms with Crippen molar-refractivity contribution in [1.82, 2.24) is 0 Å². The van der Waals surface area contributed by atoms with Gasteiger partial charge in [0, 0.05) is 31.2 Å². The second-order valence-electron chi connectivity index (χ2n) is 6.49. The van der Waals surface area contributed by atoms with Gasteiger partial charge in [-0.1, -0.05) is 17.7 Å². The summed E-state index contributed by atoms with van der Waals surface area (Å²) in [5.74, 6) is -0.657. The fraction of sp³-hybridized carbons (Fsp3) is 0.300. The largest absolute Gasteiger partial charge is 0.378 e. The van der Waals surface area contributed by atoms with Crippen molar-refractivity contribution < 1.29 is 9.59 Å². The third-order valence-electron chi connectivity index (χ3n) is 3.93. The average molecular weight is 339 g/mol. The van der Waals surface area contributed by atoms with Crippen molar-refractivity contribution in [1.29, 1.82) is 0 Å². The van der Waals surface area contributed by atoms with Crippen LogP contribution in [0.4, 0.5) is 17.1 Å². The van der Waals surface area contributed by atoms with Gasteiger partial charge in [0.25, 0.3) is 0 Å². The Labute approximate surface area is 149 Å². The highest BCUT2D eigenvalue weighted by Gasteiger charge is 2.13. The van der Waals surface area contributed by atoms with Crippen molar-refractivity contribution in [3.63, 3.8) is 0 Å². The predicted octanol–water partition coefficient (Wildman–Crippen LogP) is 3.65. The van der Waals surface area contributed by atoms with Gasteiger partial charge in [0.15, 0.2) is 0 Å². The molecule has 0 saturated heterocycles. The normalized spacial score (nSPS) is 10.3. The Morgan fingerprint density at radius 1 is 0.880 bits per heavy atom. The number of benzene rings is 2. The molecule has 0 aliphatic heterocycles. The zero-order valence-electron chi connectivity index (χ0n) is 15.4. The molecule has 2 rings (SSSR count). The van der Waals surface area contributed by atoms with Crippen LogP contribution in [0, 0.1) is 20.8 Å². The lowest BCUT2D eigenvalue weighted by Gasteiger charge is -2.14. The lowest BCUT2D eigenvalue weighted by Crippen LogP contribution is -2.22. The summed E-state index contributed by atoms with van der Waals surface area (Å²) >= 11 is 0. The SMILES string of the molecule is Cc1cc(C)c(NC(=O)CC(=O)Nc2ccc(N(C)C)cc2)c(C)c1. The lowest BCUT2D eigenvalue weighted by molar-refractivity contribution is -0.123. The third kappa shape index (κ3) is 5.08. The molecule has 2 N–H and O–H groups in total. The van der Waals surface area contributed by atoms with Crippen molar-refractivity contribution in [3.8, 4) is 0 Å². The Balaban J connectivity index is 1.95. The minimum absolute atomic E-state index is 0.220. The van der Waals surface area contributed by atoms with Crippen LogP contribution in [0.1, 0.15) is 23.1 Å². The number of rotatable bonds is 5. The van der Waals surface area contributed by atoms with Gasteiger partial charge in [-0.05, 0) is 56.2 Å². The molecule has 0 radical (unpaired) electrons. The molecule has 0 atom stereocenters. The average Bonchev–Trinajstić information content (AvgIpc) is 2.51. The molecule has 2 aromatic rings. The maximum atomic E-state index is 12.2. The van der Waals surface area contributed by atoms with E-state index in [4.69, 9.17) is 0 Å². The van der Waals surface area contributed by atoms with Gasteiger partial charge in [-0.15, -0.1) is 0 Å². The van der Waals surface area contributed by atoms with E-state index >= 15 is 0 Å². The highest BCUT2D eigenvalue weighted by Crippen LogP contribution is 2.22. The molecule has 0 saturated carbocycles. The first-order valence-corrected chi connectivity index (χ1v) is 8.21. The minimum atomic E-state index is -0.336. The molecule has 5 heteroatoms. The molecule has 0 aliphatic rings. The third-order valence-corrected chi connectivity index (χ3v) is 3.93. The number of aryl methyl sites for hydroxylation is 3. The molecule has 0 spiro atoms. The Hall–Kier alpha value is -2.82. The number of carbonyl (C=O) groups is 2. The fourth-order valence-electron chi connectivity index (χ4n) is 2.75. The van der Waals surface area contributed by atoms with Gasteiger partial charge in [0.05, 0.1) is 0 Å². The summed E-state index contributed by atoms with van der Waals surface area (Å²) in [5.41, 5.74) is 5.62. The van der Waals surface area contributed by atoms with Crippen LogP contribution in [0.25, 0.3) is 0 Å². The second kappa shape index (κ2) is 7.83. The maximum absolute atomic E-state index is 12.2. The molecule has 0 fully saturated rings. The molecule has 132 valence electrons. The summed E-state index contributed by atoms with van der Waals surface area (Å²) < 4.78 is 0. The Morgan fingerprint density at radius 2 is 1.40 bits per heavy atom. The second-order valence-corrected chi connectivity index (χ2v) is 6.49. The zero-order valence-corrected chi connectivity index (χ0v) is 15.4. The summed E-state index contributed by atoms with van der Waals surface area (Å²) in [6.45, 7) is 5.91. The molecule has 5 nitrogen and oxygen atoms in total. The van der Waals surface area contributed by atoms with Crippen molar-refractivity contribution in [2.24, 2.45) is 0 Å². The number of hydrogen-bond donors (Lipinski definition) is 2. The molecule has 0 bridgehead atoms. The number of nitrogens with zero attached hydrogens (tertiary/aromatic N) is 1. The van der Waals surface area contributed by atoms with Crippen LogP contribution in [0.5, 0.6) is 0 Å². The molecule has 0 aromatic heterocycles. The Morgan fingerprint density at radius 3 is 1.92 bits per heavy atom. The molecule has 0 heterocycles. The van der Waals surface area contributed by atoms with Gasteiger partial charge in [-0.3, -0.25) is 9.59 Å². The van der Waals surface area contributed by atoms with Gasteiger partial charge in [0.1, 0.15) is 6.42 Å². The van der Waals surface area contributed by atoms with Crippen LogP contribution < -0.4 is 15.5 Å². The predicted molar refractivity (Wildman–Crippen MR) is 103 cm³/mol. The zero-order chi connectivity index (χ0) is 18.6. The first kappa shape index (κ1) is 18.5. The van der Waals surface area contributed by atoms with Crippen molar-refractivity contribution in [2.75, 3.05) is 29.6 Å². The van der Waals surface area contributed by atoms with E-state index in [2.05, 4.69) is 10.6 Å². The van der Waals surface area contributed by atoms with Crippen LogP contribution in [-0.2, 0) is 9.59 Å². The number of nitrogens with one attached hydrogen (secondary N) is 2. The summed E-state index contributed by atoms with van der Waals surface area (Å²) in [5, 5.41) is 5.58. The van der Waals surface area contributed by atoms with Crippen LogP contribution in [0.15, 0.2) is 36.4 Å². The lowest BCUT2D eigenvalue weighted by atomic mass is 10.0. The molecule has 0 unspecified atom stereocenters. The van der Waals surface area contributed by atoms with E-state index in [0.29, 0.717) is 5.69 Å². The molecule has 25 heavy (non-hydrogen) atoms.